The first kappa shape index (κ1) is 8.05. The Bertz CT molecular complexity index is 303. The van der Waals surface area contributed by atoms with Gasteiger partial charge in [-0.2, -0.15) is 0 Å². The highest BCUT2D eigenvalue weighted by atomic mass is 79.9. The Kier molecular flexibility index (Phi) is 2.05. The fourth-order valence-corrected chi connectivity index (χ4v) is 2.02. The Hall–Kier alpha value is -0.570. The molecule has 1 heterocycles. The second-order valence-electron chi connectivity index (χ2n) is 3.11. The molecule has 1 atom stereocenters. The molecule has 0 aromatic carbocycles. The molecule has 0 aliphatic heterocycles. The molecule has 0 unspecified atom stereocenters. The van der Waals surface area contributed by atoms with Crippen molar-refractivity contribution in [3.8, 4) is 0 Å². The normalized spacial score (nSPS) is 22.4. The maximum atomic E-state index is 11.4. The molecular formula is C9H9BrO2. The van der Waals surface area contributed by atoms with E-state index in [1.54, 1.807) is 12.3 Å². The van der Waals surface area contributed by atoms with Gasteiger partial charge in [-0.15, -0.1) is 0 Å². The molecule has 0 spiro atoms. The third kappa shape index (κ3) is 1.22. The maximum Gasteiger partial charge on any atom is 0.166 e. The van der Waals surface area contributed by atoms with Crippen LogP contribution in [0.5, 0.6) is 0 Å². The van der Waals surface area contributed by atoms with E-state index in [1.807, 2.05) is 0 Å². The van der Waals surface area contributed by atoms with Crippen LogP contribution >= 0.6 is 15.9 Å². The number of carbonyl (C=O) groups excluding carboxylic acids is 1. The van der Waals surface area contributed by atoms with Gasteiger partial charge in [0.15, 0.2) is 5.78 Å². The number of Topliss-reactive ketones (excluding diaryl/α,β-unsaturated/α-hetero) is 1. The van der Waals surface area contributed by atoms with Crippen molar-refractivity contribution in [1.29, 1.82) is 0 Å². The zero-order valence-corrected chi connectivity index (χ0v) is 8.13. The lowest BCUT2D eigenvalue weighted by Crippen LogP contribution is -2.19. The lowest BCUT2D eigenvalue weighted by molar-refractivity contribution is 0.0950. The van der Waals surface area contributed by atoms with Crippen molar-refractivity contribution in [2.75, 3.05) is 5.33 Å². The third-order valence-electron chi connectivity index (χ3n) is 2.21. The van der Waals surface area contributed by atoms with E-state index in [4.69, 9.17) is 4.42 Å². The highest BCUT2D eigenvalue weighted by Gasteiger charge is 2.26. The number of hydrogen-bond acceptors (Lipinski definition) is 2. The first-order chi connectivity index (χ1) is 5.81. The van der Waals surface area contributed by atoms with Crippen molar-refractivity contribution in [2.45, 2.75) is 12.8 Å². The monoisotopic (exact) mass is 228 g/mol. The predicted molar refractivity (Wildman–Crippen MR) is 48.6 cm³/mol. The van der Waals surface area contributed by atoms with Crippen LogP contribution in [0.15, 0.2) is 16.7 Å². The van der Waals surface area contributed by atoms with Crippen LogP contribution in [0.3, 0.4) is 0 Å². The quantitative estimate of drug-likeness (QED) is 0.692. The van der Waals surface area contributed by atoms with Crippen LogP contribution in [0.2, 0.25) is 0 Å². The Labute approximate surface area is 79.1 Å². The molecule has 0 saturated carbocycles. The summed E-state index contributed by atoms with van der Waals surface area (Å²) in [5, 5.41) is 0.874. The van der Waals surface area contributed by atoms with Gasteiger partial charge in [0.05, 0.1) is 11.8 Å². The maximum absolute atomic E-state index is 11.4. The molecule has 12 heavy (non-hydrogen) atoms. The second-order valence-corrected chi connectivity index (χ2v) is 3.76. The summed E-state index contributed by atoms with van der Waals surface area (Å²) in [7, 11) is 0. The number of furan rings is 1. The van der Waals surface area contributed by atoms with E-state index in [0.717, 1.165) is 23.1 Å². The van der Waals surface area contributed by atoms with Gasteiger partial charge >= 0.3 is 0 Å². The molecule has 64 valence electrons. The standard InChI is InChI=1S/C9H9BrO2/c10-5-6-3-8(11)7-1-2-12-9(7)4-6/h1-2,6H,3-5H2/t6-/m1/s1. The van der Waals surface area contributed by atoms with E-state index < -0.39 is 0 Å². The first-order valence-corrected chi connectivity index (χ1v) is 5.09. The van der Waals surface area contributed by atoms with Gasteiger partial charge < -0.3 is 4.42 Å². The number of rotatable bonds is 1. The van der Waals surface area contributed by atoms with Gasteiger partial charge in [0.1, 0.15) is 5.76 Å². The van der Waals surface area contributed by atoms with Crippen molar-refractivity contribution >= 4 is 21.7 Å². The van der Waals surface area contributed by atoms with Crippen molar-refractivity contribution < 1.29 is 9.21 Å². The molecule has 1 aromatic heterocycles. The summed E-state index contributed by atoms with van der Waals surface area (Å²) < 4.78 is 5.22. The number of ketones is 1. The van der Waals surface area contributed by atoms with Crippen molar-refractivity contribution in [3.63, 3.8) is 0 Å². The van der Waals surface area contributed by atoms with Crippen LogP contribution in [0, 0.1) is 5.92 Å². The van der Waals surface area contributed by atoms with Gasteiger partial charge in [-0.1, -0.05) is 15.9 Å². The minimum atomic E-state index is 0.217. The summed E-state index contributed by atoms with van der Waals surface area (Å²) in [4.78, 5) is 11.4. The van der Waals surface area contributed by atoms with Gasteiger partial charge in [-0.05, 0) is 12.0 Å². The molecule has 0 bridgehead atoms. The Morgan fingerprint density at radius 3 is 3.17 bits per heavy atom. The Morgan fingerprint density at radius 1 is 1.58 bits per heavy atom. The highest BCUT2D eigenvalue weighted by Crippen LogP contribution is 2.27. The average molecular weight is 229 g/mol. The van der Waals surface area contributed by atoms with Crippen molar-refractivity contribution in [1.82, 2.24) is 0 Å². The molecule has 0 radical (unpaired) electrons. The lowest BCUT2D eigenvalue weighted by Gasteiger charge is -2.17. The molecule has 2 rings (SSSR count). The summed E-state index contributed by atoms with van der Waals surface area (Å²) >= 11 is 3.38. The van der Waals surface area contributed by atoms with Crippen LogP contribution in [0.1, 0.15) is 22.5 Å². The van der Waals surface area contributed by atoms with Crippen LogP contribution in [0.4, 0.5) is 0 Å². The Balaban J connectivity index is 2.32. The zero-order chi connectivity index (χ0) is 8.55. The van der Waals surface area contributed by atoms with Crippen molar-refractivity contribution in [2.24, 2.45) is 5.92 Å². The lowest BCUT2D eigenvalue weighted by atomic mass is 9.89. The van der Waals surface area contributed by atoms with Crippen LogP contribution in [0.25, 0.3) is 0 Å². The number of carbonyl (C=O) groups is 1. The smallest absolute Gasteiger partial charge is 0.166 e. The minimum Gasteiger partial charge on any atom is -0.469 e. The number of halogens is 1. The predicted octanol–water partition coefficient (Wildman–Crippen LogP) is 2.42. The Morgan fingerprint density at radius 2 is 2.42 bits per heavy atom. The molecular weight excluding hydrogens is 220 g/mol. The third-order valence-corrected chi connectivity index (χ3v) is 3.13. The van der Waals surface area contributed by atoms with E-state index in [1.165, 1.54) is 0 Å². The molecule has 0 fully saturated rings. The summed E-state index contributed by atoms with van der Waals surface area (Å²) in [5.41, 5.74) is 0.784. The van der Waals surface area contributed by atoms with Gasteiger partial charge in [-0.3, -0.25) is 4.79 Å². The summed E-state index contributed by atoms with van der Waals surface area (Å²) in [6.07, 6.45) is 3.14. The van der Waals surface area contributed by atoms with Crippen LogP contribution < -0.4 is 0 Å². The summed E-state index contributed by atoms with van der Waals surface area (Å²) in [5.74, 6) is 1.49. The zero-order valence-electron chi connectivity index (χ0n) is 6.55. The number of fused-ring (bicyclic) bond motifs is 1. The molecule has 1 aromatic rings. The van der Waals surface area contributed by atoms with E-state index in [9.17, 15) is 4.79 Å². The molecule has 0 N–H and O–H groups in total. The van der Waals surface area contributed by atoms with Crippen LogP contribution in [-0.2, 0) is 6.42 Å². The molecule has 3 heteroatoms. The second kappa shape index (κ2) is 3.05. The summed E-state index contributed by atoms with van der Waals surface area (Å²) in [6.45, 7) is 0. The number of hydrogen-bond donors (Lipinski definition) is 0. The SMILES string of the molecule is O=C1C[C@@H](CBr)Cc2occc21. The average Bonchev–Trinajstić information content (AvgIpc) is 2.52. The molecule has 2 nitrogen and oxygen atoms in total. The fourth-order valence-electron chi connectivity index (χ4n) is 1.56. The topological polar surface area (TPSA) is 30.2 Å². The molecule has 0 amide bonds. The largest absolute Gasteiger partial charge is 0.469 e. The minimum absolute atomic E-state index is 0.217. The molecule has 1 aliphatic carbocycles. The fraction of sp³-hybridized carbons (Fsp3) is 0.444. The van der Waals surface area contributed by atoms with Crippen LogP contribution in [-0.4, -0.2) is 11.1 Å². The van der Waals surface area contributed by atoms with Gasteiger partial charge in [0.25, 0.3) is 0 Å². The summed E-state index contributed by atoms with van der Waals surface area (Å²) in [6, 6.07) is 1.77. The first-order valence-electron chi connectivity index (χ1n) is 3.97. The molecule has 1 aliphatic rings. The van der Waals surface area contributed by atoms with E-state index in [0.29, 0.717) is 12.3 Å². The number of alkyl halides is 1. The van der Waals surface area contributed by atoms with Gasteiger partial charge in [-0.25, -0.2) is 0 Å². The highest BCUT2D eigenvalue weighted by molar-refractivity contribution is 9.09. The van der Waals surface area contributed by atoms with E-state index in [2.05, 4.69) is 15.9 Å². The molecule has 0 saturated heterocycles. The van der Waals surface area contributed by atoms with Crippen molar-refractivity contribution in [3.05, 3.63) is 23.7 Å². The van der Waals surface area contributed by atoms with Gasteiger partial charge in [0.2, 0.25) is 0 Å². The van der Waals surface area contributed by atoms with E-state index in [-0.39, 0.29) is 5.78 Å². The van der Waals surface area contributed by atoms with Gasteiger partial charge in [0, 0.05) is 18.2 Å². The van der Waals surface area contributed by atoms with E-state index >= 15 is 0 Å².